The molecule has 0 radical (unpaired) electrons. The molecule has 0 saturated heterocycles. The summed E-state index contributed by atoms with van der Waals surface area (Å²) in [4.78, 5) is 12.8. The minimum Gasteiger partial charge on any atom is -0.304 e. The van der Waals surface area contributed by atoms with E-state index < -0.39 is 0 Å². The average Bonchev–Trinajstić information content (AvgIpc) is 3.10. The summed E-state index contributed by atoms with van der Waals surface area (Å²) in [5, 5.41) is 24.2. The third kappa shape index (κ3) is 2.98. The SMILES string of the molecule is Cc1cc2c(NC(=O)c3cn(C)nc3C(C)(C)C)n[nH]c2cc1C#N. The van der Waals surface area contributed by atoms with Gasteiger partial charge < -0.3 is 5.32 Å². The number of fused-ring (bicyclic) bond motifs is 1. The number of hydrogen-bond donors (Lipinski definition) is 2. The highest BCUT2D eigenvalue weighted by molar-refractivity contribution is 6.08. The van der Waals surface area contributed by atoms with E-state index in [9.17, 15) is 4.79 Å². The summed E-state index contributed by atoms with van der Waals surface area (Å²) in [5.74, 6) is 0.185. The maximum atomic E-state index is 12.8. The molecule has 7 nitrogen and oxygen atoms in total. The second-order valence-corrected chi connectivity index (χ2v) is 7.17. The van der Waals surface area contributed by atoms with Crippen molar-refractivity contribution in [1.29, 1.82) is 5.26 Å². The lowest BCUT2D eigenvalue weighted by Crippen LogP contribution is -2.20. The van der Waals surface area contributed by atoms with Gasteiger partial charge in [0.05, 0.1) is 28.4 Å². The number of aromatic amines is 1. The fourth-order valence-corrected chi connectivity index (χ4v) is 2.77. The normalized spacial score (nSPS) is 11.5. The predicted molar refractivity (Wildman–Crippen MR) is 95.4 cm³/mol. The Hall–Kier alpha value is -3.14. The number of anilines is 1. The first-order chi connectivity index (χ1) is 11.7. The highest BCUT2D eigenvalue weighted by atomic mass is 16.1. The van der Waals surface area contributed by atoms with Gasteiger partial charge in [0.2, 0.25) is 0 Å². The molecule has 0 aliphatic carbocycles. The topological polar surface area (TPSA) is 99.4 Å². The van der Waals surface area contributed by atoms with Gasteiger partial charge >= 0.3 is 0 Å². The molecular weight excluding hydrogens is 316 g/mol. The van der Waals surface area contributed by atoms with Crippen LogP contribution in [0.15, 0.2) is 18.3 Å². The molecule has 0 aliphatic rings. The third-order valence-electron chi connectivity index (χ3n) is 4.04. The molecule has 128 valence electrons. The zero-order chi connectivity index (χ0) is 18.4. The number of H-pyrrole nitrogens is 1. The van der Waals surface area contributed by atoms with E-state index in [1.807, 2.05) is 33.8 Å². The molecule has 2 aromatic heterocycles. The second-order valence-electron chi connectivity index (χ2n) is 7.17. The lowest BCUT2D eigenvalue weighted by Gasteiger charge is -2.16. The Morgan fingerprint density at radius 2 is 2.08 bits per heavy atom. The number of amides is 1. The fourth-order valence-electron chi connectivity index (χ4n) is 2.77. The van der Waals surface area contributed by atoms with Gasteiger partial charge in [-0.2, -0.15) is 15.5 Å². The van der Waals surface area contributed by atoms with Gasteiger partial charge in [-0.25, -0.2) is 0 Å². The molecule has 3 rings (SSSR count). The van der Waals surface area contributed by atoms with Crippen molar-refractivity contribution in [1.82, 2.24) is 20.0 Å². The van der Waals surface area contributed by atoms with Crippen molar-refractivity contribution in [2.24, 2.45) is 7.05 Å². The number of rotatable bonds is 2. The third-order valence-corrected chi connectivity index (χ3v) is 4.04. The Labute approximate surface area is 145 Å². The van der Waals surface area contributed by atoms with E-state index in [-0.39, 0.29) is 11.3 Å². The van der Waals surface area contributed by atoms with Crippen LogP contribution in [0, 0.1) is 18.3 Å². The molecule has 2 heterocycles. The van der Waals surface area contributed by atoms with E-state index in [0.717, 1.165) is 16.6 Å². The molecule has 7 heteroatoms. The molecule has 2 N–H and O–H groups in total. The Kier molecular flexibility index (Phi) is 3.84. The highest BCUT2D eigenvalue weighted by Crippen LogP contribution is 2.27. The molecule has 1 aromatic carbocycles. The van der Waals surface area contributed by atoms with E-state index >= 15 is 0 Å². The Morgan fingerprint density at radius 3 is 2.72 bits per heavy atom. The number of aromatic nitrogens is 4. The Morgan fingerprint density at radius 1 is 1.36 bits per heavy atom. The summed E-state index contributed by atoms with van der Waals surface area (Å²) in [6.45, 7) is 7.91. The molecule has 0 saturated carbocycles. The number of nitrogens with one attached hydrogen (secondary N) is 2. The van der Waals surface area contributed by atoms with Gasteiger partial charge in [-0.15, -0.1) is 0 Å². The molecular formula is C18H20N6O. The summed E-state index contributed by atoms with van der Waals surface area (Å²) in [7, 11) is 1.79. The first-order valence-corrected chi connectivity index (χ1v) is 7.95. The Bertz CT molecular complexity index is 1010. The second kappa shape index (κ2) is 5.74. The van der Waals surface area contributed by atoms with E-state index in [1.54, 1.807) is 24.0 Å². The molecule has 1 amide bonds. The van der Waals surface area contributed by atoms with Gasteiger partial charge in [-0.1, -0.05) is 20.8 Å². The van der Waals surface area contributed by atoms with Crippen molar-refractivity contribution in [3.05, 3.63) is 40.7 Å². The first kappa shape index (κ1) is 16.7. The molecule has 0 atom stereocenters. The zero-order valence-electron chi connectivity index (χ0n) is 14.9. The number of nitrogens with zero attached hydrogens (tertiary/aromatic N) is 4. The number of benzene rings is 1. The average molecular weight is 336 g/mol. The van der Waals surface area contributed by atoms with Crippen molar-refractivity contribution in [2.45, 2.75) is 33.1 Å². The smallest absolute Gasteiger partial charge is 0.260 e. The lowest BCUT2D eigenvalue weighted by molar-refractivity contribution is 0.102. The van der Waals surface area contributed by atoms with E-state index in [0.29, 0.717) is 22.5 Å². The molecule has 0 unspecified atom stereocenters. The summed E-state index contributed by atoms with van der Waals surface area (Å²) < 4.78 is 1.64. The highest BCUT2D eigenvalue weighted by Gasteiger charge is 2.26. The van der Waals surface area contributed by atoms with Crippen LogP contribution in [0.2, 0.25) is 0 Å². The summed E-state index contributed by atoms with van der Waals surface area (Å²) in [6, 6.07) is 5.73. The number of carbonyl (C=O) groups excluding carboxylic acids is 1. The van der Waals surface area contributed by atoms with Gasteiger partial charge in [-0.05, 0) is 24.6 Å². The summed E-state index contributed by atoms with van der Waals surface area (Å²) >= 11 is 0. The molecule has 3 aromatic rings. The van der Waals surface area contributed by atoms with Crippen LogP contribution in [0.3, 0.4) is 0 Å². The van der Waals surface area contributed by atoms with Crippen molar-refractivity contribution < 1.29 is 4.79 Å². The maximum Gasteiger partial charge on any atom is 0.260 e. The summed E-state index contributed by atoms with van der Waals surface area (Å²) in [6.07, 6.45) is 1.71. The van der Waals surface area contributed by atoms with Gasteiger partial charge in [-0.3, -0.25) is 14.6 Å². The largest absolute Gasteiger partial charge is 0.304 e. The minimum absolute atomic E-state index is 0.250. The maximum absolute atomic E-state index is 12.8. The number of nitriles is 1. The quantitative estimate of drug-likeness (QED) is 0.751. The standard InChI is InChI=1S/C18H20N6O/c1-10-6-12-14(7-11(10)8-19)21-22-16(12)20-17(25)13-9-24(5)23-15(13)18(2,3)4/h6-7,9H,1-5H3,(H2,20,21,22,25). The van der Waals surface area contributed by atoms with Gasteiger partial charge in [0, 0.05) is 24.0 Å². The van der Waals surface area contributed by atoms with Gasteiger partial charge in [0.25, 0.3) is 5.91 Å². The van der Waals surface area contributed by atoms with Crippen LogP contribution in [0.5, 0.6) is 0 Å². The number of aryl methyl sites for hydroxylation is 2. The van der Waals surface area contributed by atoms with E-state index in [2.05, 4.69) is 26.7 Å². The van der Waals surface area contributed by atoms with E-state index in [4.69, 9.17) is 5.26 Å². The van der Waals surface area contributed by atoms with Crippen molar-refractivity contribution in [2.75, 3.05) is 5.32 Å². The van der Waals surface area contributed by atoms with Crippen molar-refractivity contribution >= 4 is 22.6 Å². The monoisotopic (exact) mass is 336 g/mol. The van der Waals surface area contributed by atoms with Crippen LogP contribution >= 0.6 is 0 Å². The number of carbonyl (C=O) groups is 1. The lowest BCUT2D eigenvalue weighted by atomic mass is 9.89. The van der Waals surface area contributed by atoms with Crippen molar-refractivity contribution in [3.8, 4) is 6.07 Å². The van der Waals surface area contributed by atoms with Crippen molar-refractivity contribution in [3.63, 3.8) is 0 Å². The molecule has 25 heavy (non-hydrogen) atoms. The van der Waals surface area contributed by atoms with Gasteiger partial charge in [0.15, 0.2) is 5.82 Å². The Balaban J connectivity index is 1.99. The van der Waals surface area contributed by atoms with Crippen LogP contribution < -0.4 is 5.32 Å². The van der Waals surface area contributed by atoms with Gasteiger partial charge in [0.1, 0.15) is 0 Å². The predicted octanol–water partition coefficient (Wildman–Crippen LogP) is 3.03. The van der Waals surface area contributed by atoms with E-state index in [1.165, 1.54) is 0 Å². The van der Waals surface area contributed by atoms with Crippen LogP contribution in [0.4, 0.5) is 5.82 Å². The van der Waals surface area contributed by atoms with Crippen LogP contribution in [0.25, 0.3) is 10.9 Å². The first-order valence-electron chi connectivity index (χ1n) is 7.95. The fraction of sp³-hybridized carbons (Fsp3) is 0.333. The molecule has 0 fully saturated rings. The van der Waals surface area contributed by atoms with Crippen LogP contribution in [-0.4, -0.2) is 25.9 Å². The molecule has 0 spiro atoms. The molecule has 0 aliphatic heterocycles. The summed E-state index contributed by atoms with van der Waals surface area (Å²) in [5.41, 5.74) is 3.13. The minimum atomic E-state index is -0.256. The zero-order valence-corrected chi connectivity index (χ0v) is 14.9. The number of hydrogen-bond acceptors (Lipinski definition) is 4. The van der Waals surface area contributed by atoms with Crippen LogP contribution in [0.1, 0.15) is 48.0 Å². The molecule has 0 bridgehead atoms. The van der Waals surface area contributed by atoms with Crippen LogP contribution in [-0.2, 0) is 12.5 Å².